The van der Waals surface area contributed by atoms with Gasteiger partial charge in [0.2, 0.25) is 0 Å². The Hall–Kier alpha value is -0.860. The number of fused-ring (bicyclic) bond motifs is 3. The average molecular weight is 695 g/mol. The second-order valence-electron chi connectivity index (χ2n) is 15.7. The first-order chi connectivity index (χ1) is 23.7. The Kier molecular flexibility index (Phi) is 23.3. The van der Waals surface area contributed by atoms with Crippen molar-refractivity contribution in [2.45, 2.75) is 220 Å². The van der Waals surface area contributed by atoms with E-state index in [2.05, 4.69) is 50.6 Å². The summed E-state index contributed by atoms with van der Waals surface area (Å²) in [6, 6.07) is 4.96. The summed E-state index contributed by atoms with van der Waals surface area (Å²) in [5.74, 6) is 1.72. The molecule has 0 spiro atoms. The highest BCUT2D eigenvalue weighted by atomic mass is 32.1. The molecule has 0 nitrogen and oxygen atoms in total. The molecule has 0 saturated carbocycles. The number of allylic oxidation sites excluding steroid dienone is 1. The van der Waals surface area contributed by atoms with Crippen LogP contribution in [0.1, 0.15) is 231 Å². The lowest BCUT2D eigenvalue weighted by atomic mass is 9.80. The van der Waals surface area contributed by atoms with E-state index in [1.807, 2.05) is 28.2 Å². The van der Waals surface area contributed by atoms with Crippen LogP contribution in [-0.2, 0) is 0 Å². The third-order valence-electron chi connectivity index (χ3n) is 11.4. The normalized spacial score (nSPS) is 12.5. The van der Waals surface area contributed by atoms with Crippen molar-refractivity contribution in [1.82, 2.24) is 0 Å². The van der Waals surface area contributed by atoms with Gasteiger partial charge in [-0.05, 0) is 53.1 Å². The molecular formula is C46H78S2. The molecule has 0 N–H and O–H groups in total. The minimum atomic E-state index is 0.860. The molecule has 1 aliphatic carbocycles. The maximum Gasteiger partial charge on any atom is 0.0527 e. The largest absolute Gasteiger partial charge is 0.142 e. The van der Waals surface area contributed by atoms with E-state index >= 15 is 0 Å². The van der Waals surface area contributed by atoms with E-state index in [9.17, 15) is 0 Å². The van der Waals surface area contributed by atoms with Gasteiger partial charge in [0.25, 0.3) is 0 Å². The van der Waals surface area contributed by atoms with E-state index in [1.165, 1.54) is 193 Å². The molecule has 0 bridgehead atoms. The molecule has 0 radical (unpaired) electrons. The molecule has 2 heteroatoms. The third-order valence-corrected chi connectivity index (χ3v) is 13.4. The van der Waals surface area contributed by atoms with Gasteiger partial charge < -0.3 is 0 Å². The van der Waals surface area contributed by atoms with Gasteiger partial charge in [0, 0.05) is 11.1 Å². The van der Waals surface area contributed by atoms with Gasteiger partial charge in [-0.25, -0.2) is 0 Å². The highest BCUT2D eigenvalue weighted by Crippen LogP contribution is 2.53. The number of hydrogen-bond donors (Lipinski definition) is 0. The van der Waals surface area contributed by atoms with E-state index in [-0.39, 0.29) is 0 Å². The topological polar surface area (TPSA) is 0 Å². The number of thiophene rings is 2. The first-order valence-corrected chi connectivity index (χ1v) is 23.4. The Labute approximate surface area is 308 Å². The van der Waals surface area contributed by atoms with Gasteiger partial charge in [0.1, 0.15) is 0 Å². The van der Waals surface area contributed by atoms with Crippen LogP contribution >= 0.6 is 22.7 Å². The minimum absolute atomic E-state index is 0.860. The van der Waals surface area contributed by atoms with E-state index < -0.39 is 0 Å². The van der Waals surface area contributed by atoms with Crippen molar-refractivity contribution in [2.24, 2.45) is 11.8 Å². The Morgan fingerprint density at radius 2 is 0.708 bits per heavy atom. The number of hydrogen-bond acceptors (Lipinski definition) is 2. The van der Waals surface area contributed by atoms with E-state index in [0.717, 1.165) is 11.8 Å². The summed E-state index contributed by atoms with van der Waals surface area (Å²) in [5.41, 5.74) is 6.73. The number of unbranched alkanes of at least 4 members (excludes halogenated alkanes) is 20. The fourth-order valence-corrected chi connectivity index (χ4v) is 10.4. The van der Waals surface area contributed by atoms with Crippen LogP contribution in [-0.4, -0.2) is 0 Å². The van der Waals surface area contributed by atoms with Crippen LogP contribution in [0, 0.1) is 11.8 Å². The summed E-state index contributed by atoms with van der Waals surface area (Å²) in [7, 11) is 0. The maximum absolute atomic E-state index is 2.48. The predicted molar refractivity (Wildman–Crippen MR) is 222 cm³/mol. The summed E-state index contributed by atoms with van der Waals surface area (Å²) >= 11 is 3.98. The maximum atomic E-state index is 2.48. The molecule has 0 aromatic carbocycles. The Balaban J connectivity index is 1.81. The van der Waals surface area contributed by atoms with Crippen LogP contribution < -0.4 is 0 Å². The minimum Gasteiger partial charge on any atom is -0.142 e. The smallest absolute Gasteiger partial charge is 0.0527 e. The van der Waals surface area contributed by atoms with Crippen LogP contribution in [0.4, 0.5) is 0 Å². The van der Waals surface area contributed by atoms with Crippen molar-refractivity contribution in [3.8, 4) is 9.75 Å². The van der Waals surface area contributed by atoms with E-state index in [1.54, 1.807) is 26.5 Å². The lowest BCUT2D eigenvalue weighted by Crippen LogP contribution is -2.10. The lowest BCUT2D eigenvalue weighted by Gasteiger charge is -2.25. The van der Waals surface area contributed by atoms with Gasteiger partial charge in [-0.2, -0.15) is 0 Å². The summed E-state index contributed by atoms with van der Waals surface area (Å²) in [6.07, 6.45) is 42.7. The van der Waals surface area contributed by atoms with Gasteiger partial charge in [0.05, 0.1) is 9.75 Å². The molecule has 3 rings (SSSR count). The summed E-state index contributed by atoms with van der Waals surface area (Å²) in [4.78, 5) is 3.14. The molecule has 2 aromatic rings. The van der Waals surface area contributed by atoms with E-state index in [0.29, 0.717) is 0 Å². The summed E-state index contributed by atoms with van der Waals surface area (Å²) < 4.78 is 0. The lowest BCUT2D eigenvalue weighted by molar-refractivity contribution is 0.368. The zero-order valence-electron chi connectivity index (χ0n) is 32.5. The molecule has 0 amide bonds. The molecule has 274 valence electrons. The van der Waals surface area contributed by atoms with Gasteiger partial charge in [0.15, 0.2) is 0 Å². The average Bonchev–Trinajstić information content (AvgIpc) is 3.82. The fourth-order valence-electron chi connectivity index (χ4n) is 8.42. The quantitative estimate of drug-likeness (QED) is 0.0571. The monoisotopic (exact) mass is 695 g/mol. The molecule has 1 aliphatic rings. The van der Waals surface area contributed by atoms with Crippen molar-refractivity contribution < 1.29 is 0 Å². The third kappa shape index (κ3) is 15.6. The van der Waals surface area contributed by atoms with Crippen molar-refractivity contribution in [1.29, 1.82) is 0 Å². The fraction of sp³-hybridized carbons (Fsp3) is 0.783. The van der Waals surface area contributed by atoms with Crippen molar-refractivity contribution in [3.05, 3.63) is 39.6 Å². The van der Waals surface area contributed by atoms with E-state index in [4.69, 9.17) is 0 Å². The Morgan fingerprint density at radius 1 is 0.417 bits per heavy atom. The van der Waals surface area contributed by atoms with Crippen molar-refractivity contribution in [2.75, 3.05) is 0 Å². The standard InChI is InChI=1S/C46H78S2/c1-5-9-13-17-21-25-29-39(30-26-22-18-14-10-6-2)37-41(44-42-33-35-47-45(42)46-43(44)34-36-48-46)38-40(31-27-23-19-15-11-7-3)32-28-24-20-16-12-8-4/h33-36,39-40H,5-32,37-38H2,1-4H3. The second-order valence-corrected chi connectivity index (χ2v) is 17.5. The highest BCUT2D eigenvalue weighted by Gasteiger charge is 2.30. The van der Waals surface area contributed by atoms with Crippen LogP contribution in [0.2, 0.25) is 0 Å². The highest BCUT2D eigenvalue weighted by molar-refractivity contribution is 7.21. The molecule has 0 atom stereocenters. The summed E-state index contributed by atoms with van der Waals surface area (Å²) in [5, 5.41) is 4.75. The van der Waals surface area contributed by atoms with Crippen LogP contribution in [0.3, 0.4) is 0 Å². The van der Waals surface area contributed by atoms with Gasteiger partial charge in [-0.15, -0.1) is 22.7 Å². The molecule has 0 fully saturated rings. The van der Waals surface area contributed by atoms with Crippen LogP contribution in [0.5, 0.6) is 0 Å². The van der Waals surface area contributed by atoms with Crippen LogP contribution in [0.25, 0.3) is 15.3 Å². The molecule has 0 unspecified atom stereocenters. The molecule has 2 heterocycles. The summed E-state index contributed by atoms with van der Waals surface area (Å²) in [6.45, 7) is 9.38. The van der Waals surface area contributed by atoms with Crippen molar-refractivity contribution >= 4 is 28.2 Å². The molecule has 0 saturated heterocycles. The molecular weight excluding hydrogens is 617 g/mol. The molecule has 2 aromatic heterocycles. The van der Waals surface area contributed by atoms with Gasteiger partial charge in [-0.3, -0.25) is 0 Å². The zero-order chi connectivity index (χ0) is 34.1. The SMILES string of the molecule is CCCCCCCCC(CCCCCCCC)CC(CC(CCCCCCCC)CCCCCCCC)=C1c2ccsc2-c2sccc21. The Morgan fingerprint density at radius 3 is 1.02 bits per heavy atom. The second kappa shape index (κ2) is 26.9. The first-order valence-electron chi connectivity index (χ1n) is 21.6. The van der Waals surface area contributed by atoms with Gasteiger partial charge in [-0.1, -0.05) is 213 Å². The first kappa shape index (κ1) is 41.6. The van der Waals surface area contributed by atoms with Crippen LogP contribution in [0.15, 0.2) is 28.5 Å². The molecule has 48 heavy (non-hydrogen) atoms. The van der Waals surface area contributed by atoms with Crippen molar-refractivity contribution in [3.63, 3.8) is 0 Å². The number of rotatable bonds is 32. The predicted octanol–water partition coefficient (Wildman–Crippen LogP) is 17.6. The van der Waals surface area contributed by atoms with Gasteiger partial charge >= 0.3 is 0 Å². The Bertz CT molecular complexity index is 955. The molecule has 0 aliphatic heterocycles. The zero-order valence-corrected chi connectivity index (χ0v) is 34.1.